The highest BCUT2D eigenvalue weighted by atomic mass is 35.5. The molecule has 2 aromatic carbocycles. The van der Waals surface area contributed by atoms with Crippen LogP contribution in [0.15, 0.2) is 61.1 Å². The summed E-state index contributed by atoms with van der Waals surface area (Å²) in [5.41, 5.74) is 6.29. The van der Waals surface area contributed by atoms with Gasteiger partial charge in [0, 0.05) is 40.6 Å². The monoisotopic (exact) mass is 402 g/mol. The van der Waals surface area contributed by atoms with Crippen LogP contribution in [0.25, 0.3) is 10.9 Å². The molecule has 0 saturated carbocycles. The summed E-state index contributed by atoms with van der Waals surface area (Å²) in [5, 5.41) is 1.99. The summed E-state index contributed by atoms with van der Waals surface area (Å²) in [6.07, 6.45) is 6.26. The molecule has 0 fully saturated rings. The first-order valence-electron chi connectivity index (χ1n) is 10.0. The molecule has 3 heterocycles. The zero-order chi connectivity index (χ0) is 20.0. The van der Waals surface area contributed by atoms with Crippen LogP contribution in [0.4, 0.5) is 5.82 Å². The van der Waals surface area contributed by atoms with E-state index >= 15 is 0 Å². The Kier molecular flexibility index (Phi) is 4.51. The molecule has 5 heteroatoms. The van der Waals surface area contributed by atoms with E-state index in [0.29, 0.717) is 5.92 Å². The number of H-pyrrole nitrogens is 1. The fourth-order valence-corrected chi connectivity index (χ4v) is 4.53. The number of nitrogens with one attached hydrogen (secondary N) is 1. The molecule has 2 aromatic heterocycles. The largest absolute Gasteiger partial charge is 0.356 e. The van der Waals surface area contributed by atoms with Gasteiger partial charge in [0.05, 0.1) is 12.2 Å². The molecule has 0 bridgehead atoms. The molecule has 1 atom stereocenters. The van der Waals surface area contributed by atoms with Gasteiger partial charge in [-0.15, -0.1) is 0 Å². The van der Waals surface area contributed by atoms with Crippen molar-refractivity contribution in [3.63, 3.8) is 0 Å². The molecule has 0 spiro atoms. The molecule has 0 radical (unpaired) electrons. The minimum absolute atomic E-state index is 0.0582. The van der Waals surface area contributed by atoms with Crippen molar-refractivity contribution >= 4 is 28.3 Å². The third kappa shape index (κ3) is 3.18. The summed E-state index contributed by atoms with van der Waals surface area (Å²) in [6.45, 7) is 5.32. The number of hydrogen-bond donors (Lipinski definition) is 1. The lowest BCUT2D eigenvalue weighted by molar-refractivity contribution is 0.634. The van der Waals surface area contributed by atoms with Crippen LogP contribution in [-0.2, 0) is 6.42 Å². The van der Waals surface area contributed by atoms with Crippen LogP contribution < -0.4 is 4.90 Å². The third-order valence-corrected chi connectivity index (χ3v) is 6.09. The number of aromatic nitrogens is 3. The average Bonchev–Trinajstić information content (AvgIpc) is 3.11. The van der Waals surface area contributed by atoms with Crippen LogP contribution in [0, 0.1) is 0 Å². The smallest absolute Gasteiger partial charge is 0.147 e. The van der Waals surface area contributed by atoms with E-state index in [1.807, 2.05) is 12.3 Å². The Balaban J connectivity index is 1.68. The van der Waals surface area contributed by atoms with Crippen LogP contribution in [-0.4, -0.2) is 21.5 Å². The number of benzene rings is 2. The SMILES string of the molecule is CC(C)c1ccc(C2c3[nH]c4ccc(Cl)cc4c3CCN2c2cnccn2)cc1. The zero-order valence-corrected chi connectivity index (χ0v) is 17.3. The summed E-state index contributed by atoms with van der Waals surface area (Å²) >= 11 is 6.30. The highest BCUT2D eigenvalue weighted by Gasteiger charge is 2.32. The van der Waals surface area contributed by atoms with Gasteiger partial charge in [0.2, 0.25) is 0 Å². The summed E-state index contributed by atoms with van der Waals surface area (Å²) in [6, 6.07) is 15.1. The Bertz CT molecular complexity index is 1150. The molecular formula is C24H23ClN4. The standard InChI is InChI=1S/C24H23ClN4/c1-15(2)16-3-5-17(6-4-16)24-23-19(20-13-18(25)7-8-21(20)28-23)9-12-29(24)22-14-26-10-11-27-22/h3-8,10-11,13-15,24,28H,9,12H2,1-2H3. The number of aromatic amines is 1. The second-order valence-corrected chi connectivity index (χ2v) is 8.37. The molecule has 29 heavy (non-hydrogen) atoms. The van der Waals surface area contributed by atoms with Crippen molar-refractivity contribution in [2.75, 3.05) is 11.4 Å². The van der Waals surface area contributed by atoms with Crippen LogP contribution >= 0.6 is 11.6 Å². The van der Waals surface area contributed by atoms with Crippen molar-refractivity contribution < 1.29 is 0 Å². The maximum Gasteiger partial charge on any atom is 0.147 e. The van der Waals surface area contributed by atoms with Crippen LogP contribution in [0.3, 0.4) is 0 Å². The normalized spacial score (nSPS) is 16.4. The lowest BCUT2D eigenvalue weighted by Gasteiger charge is -2.37. The van der Waals surface area contributed by atoms with Crippen LogP contribution in [0.5, 0.6) is 0 Å². The molecule has 4 aromatic rings. The van der Waals surface area contributed by atoms with E-state index in [-0.39, 0.29) is 6.04 Å². The molecule has 1 aliphatic heterocycles. The molecule has 4 nitrogen and oxygen atoms in total. The van der Waals surface area contributed by atoms with Gasteiger partial charge in [-0.25, -0.2) is 4.98 Å². The van der Waals surface area contributed by atoms with Gasteiger partial charge in [-0.3, -0.25) is 4.98 Å². The first-order valence-corrected chi connectivity index (χ1v) is 10.4. The van der Waals surface area contributed by atoms with Crippen LogP contribution in [0.2, 0.25) is 5.02 Å². The lowest BCUT2D eigenvalue weighted by Crippen LogP contribution is -2.36. The molecule has 1 unspecified atom stereocenters. The number of nitrogens with zero attached hydrogens (tertiary/aromatic N) is 3. The van der Waals surface area contributed by atoms with E-state index in [1.165, 1.54) is 27.8 Å². The predicted molar refractivity (Wildman–Crippen MR) is 119 cm³/mol. The van der Waals surface area contributed by atoms with E-state index in [0.717, 1.165) is 29.3 Å². The van der Waals surface area contributed by atoms with Gasteiger partial charge in [0.15, 0.2) is 0 Å². The maximum absolute atomic E-state index is 6.30. The summed E-state index contributed by atoms with van der Waals surface area (Å²) in [5.74, 6) is 1.41. The number of hydrogen-bond acceptors (Lipinski definition) is 3. The maximum atomic E-state index is 6.30. The summed E-state index contributed by atoms with van der Waals surface area (Å²) < 4.78 is 0. The predicted octanol–water partition coefficient (Wildman–Crippen LogP) is 5.89. The van der Waals surface area contributed by atoms with Gasteiger partial charge in [0.1, 0.15) is 5.82 Å². The van der Waals surface area contributed by atoms with Crippen LogP contribution in [0.1, 0.15) is 48.2 Å². The van der Waals surface area contributed by atoms with Gasteiger partial charge in [-0.05, 0) is 47.2 Å². The van der Waals surface area contributed by atoms with Gasteiger partial charge in [-0.1, -0.05) is 49.7 Å². The second-order valence-electron chi connectivity index (χ2n) is 7.94. The van der Waals surface area contributed by atoms with Crippen molar-refractivity contribution in [3.8, 4) is 0 Å². The zero-order valence-electron chi connectivity index (χ0n) is 16.6. The number of rotatable bonds is 3. The summed E-state index contributed by atoms with van der Waals surface area (Å²) in [7, 11) is 0. The van der Waals surface area contributed by atoms with Gasteiger partial charge in [-0.2, -0.15) is 0 Å². The second kappa shape index (κ2) is 7.20. The molecule has 0 aliphatic carbocycles. The Hall–Kier alpha value is -2.85. The first-order chi connectivity index (χ1) is 14.1. The molecule has 5 rings (SSSR count). The van der Waals surface area contributed by atoms with Crippen molar-refractivity contribution in [2.45, 2.75) is 32.2 Å². The third-order valence-electron chi connectivity index (χ3n) is 5.85. The number of halogens is 1. The van der Waals surface area contributed by atoms with E-state index in [9.17, 15) is 0 Å². The highest BCUT2D eigenvalue weighted by Crippen LogP contribution is 2.40. The fourth-order valence-electron chi connectivity index (χ4n) is 4.36. The van der Waals surface area contributed by atoms with Crippen molar-refractivity contribution in [1.29, 1.82) is 0 Å². The van der Waals surface area contributed by atoms with Gasteiger partial charge < -0.3 is 9.88 Å². The van der Waals surface area contributed by atoms with Crippen molar-refractivity contribution in [3.05, 3.63) is 88.5 Å². The number of anilines is 1. The molecule has 146 valence electrons. The Labute approximate surface area is 175 Å². The number of fused-ring (bicyclic) bond motifs is 3. The first kappa shape index (κ1) is 18.2. The van der Waals surface area contributed by atoms with E-state index in [4.69, 9.17) is 11.6 Å². The average molecular weight is 403 g/mol. The molecule has 0 amide bonds. The molecule has 1 aliphatic rings. The fraction of sp³-hybridized carbons (Fsp3) is 0.250. The van der Waals surface area contributed by atoms with E-state index in [1.54, 1.807) is 12.4 Å². The quantitative estimate of drug-likeness (QED) is 0.465. The highest BCUT2D eigenvalue weighted by molar-refractivity contribution is 6.31. The van der Waals surface area contributed by atoms with E-state index in [2.05, 4.69) is 70.1 Å². The van der Waals surface area contributed by atoms with Crippen molar-refractivity contribution in [2.24, 2.45) is 0 Å². The van der Waals surface area contributed by atoms with E-state index < -0.39 is 0 Å². The van der Waals surface area contributed by atoms with Crippen molar-refractivity contribution in [1.82, 2.24) is 15.0 Å². The summed E-state index contributed by atoms with van der Waals surface area (Å²) in [4.78, 5) is 14.9. The Morgan fingerprint density at radius 1 is 1.10 bits per heavy atom. The van der Waals surface area contributed by atoms with Gasteiger partial charge in [0.25, 0.3) is 0 Å². The Morgan fingerprint density at radius 2 is 1.93 bits per heavy atom. The lowest BCUT2D eigenvalue weighted by atomic mass is 9.91. The minimum Gasteiger partial charge on any atom is -0.356 e. The minimum atomic E-state index is 0.0582. The Morgan fingerprint density at radius 3 is 2.66 bits per heavy atom. The van der Waals surface area contributed by atoms with Gasteiger partial charge >= 0.3 is 0 Å². The molecule has 0 saturated heterocycles. The topological polar surface area (TPSA) is 44.8 Å². The molecular weight excluding hydrogens is 380 g/mol. The molecule has 1 N–H and O–H groups in total.